The van der Waals surface area contributed by atoms with Crippen molar-refractivity contribution in [1.82, 2.24) is 5.73 Å². The summed E-state index contributed by atoms with van der Waals surface area (Å²) in [4.78, 5) is 10.7. The lowest BCUT2D eigenvalue weighted by molar-refractivity contribution is -0.123. The first-order chi connectivity index (χ1) is 5.22. The van der Waals surface area contributed by atoms with Gasteiger partial charge in [-0.15, -0.1) is 0 Å². The smallest absolute Gasteiger partial charge is 0.241 e. The molecule has 1 fully saturated rings. The van der Waals surface area contributed by atoms with Gasteiger partial charge in [-0.3, -0.25) is 10.5 Å². The van der Waals surface area contributed by atoms with Gasteiger partial charge in [-0.2, -0.15) is 0 Å². The Morgan fingerprint density at radius 3 is 2.36 bits per heavy atom. The molecule has 63 valence electrons. The van der Waals surface area contributed by atoms with Crippen LogP contribution in [0.2, 0.25) is 0 Å². The maximum Gasteiger partial charge on any atom is 0.241 e. The molecule has 0 saturated heterocycles. The van der Waals surface area contributed by atoms with Crippen molar-refractivity contribution in [2.24, 2.45) is 11.8 Å². The summed E-state index contributed by atoms with van der Waals surface area (Å²) in [6.07, 6.45) is 6.14. The quantitative estimate of drug-likeness (QED) is 0.599. The van der Waals surface area contributed by atoms with Crippen LogP contribution in [0.15, 0.2) is 0 Å². The molecule has 1 N–H and O–H groups in total. The van der Waals surface area contributed by atoms with Gasteiger partial charge in [0.25, 0.3) is 0 Å². The van der Waals surface area contributed by atoms with Crippen LogP contribution in [-0.2, 0) is 4.79 Å². The summed E-state index contributed by atoms with van der Waals surface area (Å²) >= 11 is 0. The van der Waals surface area contributed by atoms with E-state index < -0.39 is 0 Å². The Morgan fingerprint density at radius 2 is 1.91 bits per heavy atom. The highest BCUT2D eigenvalue weighted by molar-refractivity contribution is 5.75. The Kier molecular flexibility index (Phi) is 2.92. The zero-order chi connectivity index (χ0) is 8.27. The van der Waals surface area contributed by atoms with Gasteiger partial charge in [0.15, 0.2) is 0 Å². The van der Waals surface area contributed by atoms with E-state index in [0.29, 0.717) is 5.92 Å². The molecule has 0 bridgehead atoms. The van der Waals surface area contributed by atoms with Crippen LogP contribution >= 0.6 is 0 Å². The molecule has 0 spiro atoms. The Morgan fingerprint density at radius 1 is 1.36 bits per heavy atom. The number of nitrogens with one attached hydrogen (secondary N) is 1. The molecule has 2 nitrogen and oxygen atoms in total. The van der Waals surface area contributed by atoms with E-state index >= 15 is 0 Å². The van der Waals surface area contributed by atoms with Gasteiger partial charge in [-0.1, -0.05) is 26.2 Å². The third-order valence-electron chi connectivity index (χ3n) is 2.77. The Labute approximate surface area is 68.2 Å². The second-order valence-corrected chi connectivity index (χ2v) is 3.55. The topological polar surface area (TPSA) is 40.9 Å². The van der Waals surface area contributed by atoms with Crippen LogP contribution in [0.3, 0.4) is 0 Å². The van der Waals surface area contributed by atoms with Crippen LogP contribution in [-0.4, -0.2) is 5.91 Å². The molecule has 2 heteroatoms. The fourth-order valence-corrected chi connectivity index (χ4v) is 1.85. The molecule has 0 aromatic rings. The molecule has 1 unspecified atom stereocenters. The summed E-state index contributed by atoms with van der Waals surface area (Å²) in [5.41, 5.74) is 6.98. The summed E-state index contributed by atoms with van der Waals surface area (Å²) in [5.74, 6) is 0.112. The van der Waals surface area contributed by atoms with E-state index in [4.69, 9.17) is 5.73 Å². The molecule has 11 heavy (non-hydrogen) atoms. The molecular weight excluding hydrogens is 138 g/mol. The second-order valence-electron chi connectivity index (χ2n) is 3.55. The van der Waals surface area contributed by atoms with E-state index in [1.807, 2.05) is 6.92 Å². The first-order valence-corrected chi connectivity index (χ1v) is 4.47. The van der Waals surface area contributed by atoms with Crippen LogP contribution in [0.4, 0.5) is 0 Å². The van der Waals surface area contributed by atoms with E-state index in [9.17, 15) is 4.79 Å². The molecular formula is C9H16NO. The molecule has 1 saturated carbocycles. The van der Waals surface area contributed by atoms with Crippen molar-refractivity contribution in [3.8, 4) is 0 Å². The third-order valence-corrected chi connectivity index (χ3v) is 2.77. The number of hydrogen-bond donors (Lipinski definition) is 0. The maximum atomic E-state index is 10.7. The number of amides is 1. The number of carbonyl (C=O) groups is 1. The molecule has 1 aliphatic carbocycles. The molecule has 1 aliphatic rings. The first-order valence-electron chi connectivity index (χ1n) is 4.47. The Hall–Kier alpha value is -0.530. The standard InChI is InChI=1S/C9H16NO/c1-7(9(10)11)8-5-3-2-4-6-8/h7-8,10H,2-6H2,1H3. The normalized spacial score (nSPS) is 23.0. The number of hydrogen-bond acceptors (Lipinski definition) is 1. The van der Waals surface area contributed by atoms with Crippen molar-refractivity contribution in [2.45, 2.75) is 39.0 Å². The summed E-state index contributed by atoms with van der Waals surface area (Å²) in [5, 5.41) is 0. The lowest BCUT2D eigenvalue weighted by atomic mass is 9.81. The molecule has 0 aromatic carbocycles. The minimum Gasteiger partial charge on any atom is -0.273 e. The fourth-order valence-electron chi connectivity index (χ4n) is 1.85. The van der Waals surface area contributed by atoms with Crippen molar-refractivity contribution >= 4 is 5.91 Å². The SMILES string of the molecule is CC(C([NH])=O)C1CCCCC1. The van der Waals surface area contributed by atoms with E-state index in [-0.39, 0.29) is 11.8 Å². The predicted octanol–water partition coefficient (Wildman–Crippen LogP) is 2.01. The molecule has 1 radical (unpaired) electrons. The van der Waals surface area contributed by atoms with Crippen LogP contribution < -0.4 is 5.73 Å². The van der Waals surface area contributed by atoms with Gasteiger partial charge in [0, 0.05) is 5.92 Å². The molecule has 1 atom stereocenters. The van der Waals surface area contributed by atoms with E-state index in [2.05, 4.69) is 0 Å². The molecule has 1 amide bonds. The molecule has 0 aromatic heterocycles. The Bertz CT molecular complexity index is 138. The largest absolute Gasteiger partial charge is 0.273 e. The van der Waals surface area contributed by atoms with Crippen molar-refractivity contribution in [3.63, 3.8) is 0 Å². The zero-order valence-corrected chi connectivity index (χ0v) is 7.10. The lowest BCUT2D eigenvalue weighted by Gasteiger charge is -2.24. The van der Waals surface area contributed by atoms with Gasteiger partial charge < -0.3 is 0 Å². The summed E-state index contributed by atoms with van der Waals surface area (Å²) in [7, 11) is 0. The Balaban J connectivity index is 2.38. The van der Waals surface area contributed by atoms with Crippen molar-refractivity contribution in [1.29, 1.82) is 0 Å². The minimum absolute atomic E-state index is 0.0182. The monoisotopic (exact) mass is 154 g/mol. The van der Waals surface area contributed by atoms with Crippen LogP contribution in [0.5, 0.6) is 0 Å². The van der Waals surface area contributed by atoms with Crippen molar-refractivity contribution in [2.75, 3.05) is 0 Å². The highest BCUT2D eigenvalue weighted by Gasteiger charge is 2.23. The van der Waals surface area contributed by atoms with Crippen molar-refractivity contribution in [3.05, 3.63) is 0 Å². The van der Waals surface area contributed by atoms with Gasteiger partial charge in [0.2, 0.25) is 5.91 Å². The van der Waals surface area contributed by atoms with Gasteiger partial charge in [-0.05, 0) is 18.8 Å². The maximum absolute atomic E-state index is 10.7. The number of carbonyl (C=O) groups excluding carboxylic acids is 1. The van der Waals surface area contributed by atoms with Gasteiger partial charge in [0.05, 0.1) is 0 Å². The molecule has 1 rings (SSSR count). The van der Waals surface area contributed by atoms with E-state index in [0.717, 1.165) is 12.8 Å². The van der Waals surface area contributed by atoms with Crippen LogP contribution in [0, 0.1) is 11.8 Å². The second kappa shape index (κ2) is 3.74. The van der Waals surface area contributed by atoms with E-state index in [1.165, 1.54) is 19.3 Å². The lowest BCUT2D eigenvalue weighted by Crippen LogP contribution is -2.23. The average molecular weight is 154 g/mol. The average Bonchev–Trinajstić information content (AvgIpc) is 2.05. The molecule has 0 aliphatic heterocycles. The van der Waals surface area contributed by atoms with Crippen LogP contribution in [0.25, 0.3) is 0 Å². The fraction of sp³-hybridized carbons (Fsp3) is 0.889. The third kappa shape index (κ3) is 2.21. The van der Waals surface area contributed by atoms with E-state index in [1.54, 1.807) is 0 Å². The first kappa shape index (κ1) is 8.57. The summed E-state index contributed by atoms with van der Waals surface area (Å²) in [6.45, 7) is 1.89. The highest BCUT2D eigenvalue weighted by Crippen LogP contribution is 2.29. The highest BCUT2D eigenvalue weighted by atomic mass is 16.1. The van der Waals surface area contributed by atoms with Crippen molar-refractivity contribution < 1.29 is 4.79 Å². The minimum atomic E-state index is -0.378. The van der Waals surface area contributed by atoms with Gasteiger partial charge >= 0.3 is 0 Å². The zero-order valence-electron chi connectivity index (χ0n) is 7.10. The predicted molar refractivity (Wildman–Crippen MR) is 43.8 cm³/mol. The molecule has 0 heterocycles. The van der Waals surface area contributed by atoms with Gasteiger partial charge in [-0.25, -0.2) is 0 Å². The number of rotatable bonds is 2. The van der Waals surface area contributed by atoms with Crippen LogP contribution in [0.1, 0.15) is 39.0 Å². The van der Waals surface area contributed by atoms with Gasteiger partial charge in [0.1, 0.15) is 0 Å². The summed E-state index contributed by atoms with van der Waals surface area (Å²) in [6, 6.07) is 0. The summed E-state index contributed by atoms with van der Waals surface area (Å²) < 4.78 is 0.